The van der Waals surface area contributed by atoms with E-state index in [0.717, 1.165) is 25.7 Å². The van der Waals surface area contributed by atoms with Crippen molar-refractivity contribution in [2.75, 3.05) is 32.8 Å². The van der Waals surface area contributed by atoms with Gasteiger partial charge in [-0.1, -0.05) is 30.3 Å². The quantitative estimate of drug-likeness (QED) is 0.745. The van der Waals surface area contributed by atoms with E-state index < -0.39 is 5.41 Å². The number of amides is 2. The van der Waals surface area contributed by atoms with Crippen LogP contribution in [0, 0.1) is 11.3 Å². The van der Waals surface area contributed by atoms with Crippen LogP contribution in [0.5, 0.6) is 0 Å². The zero-order valence-corrected chi connectivity index (χ0v) is 18.4. The highest BCUT2D eigenvalue weighted by Gasteiger charge is 2.43. The molecule has 30 heavy (non-hydrogen) atoms. The average molecular weight is 436 g/mol. The van der Waals surface area contributed by atoms with E-state index in [1.165, 1.54) is 5.56 Å². The molecule has 166 valence electrons. The number of piperidine rings is 1. The highest BCUT2D eigenvalue weighted by molar-refractivity contribution is 5.85. The minimum atomic E-state index is -0.470. The third-order valence-electron chi connectivity index (χ3n) is 6.89. The third-order valence-corrected chi connectivity index (χ3v) is 6.89. The lowest BCUT2D eigenvalue weighted by Gasteiger charge is -2.41. The maximum Gasteiger partial charge on any atom is 0.230 e. The smallest absolute Gasteiger partial charge is 0.230 e. The number of benzene rings is 1. The fourth-order valence-corrected chi connectivity index (χ4v) is 4.72. The standard InChI is InChI=1S/C23H33N3O3.ClH/c24-17-23(10-14-29-15-11-23)22(28)25-12-8-19(9-13-25)21(27)26(20-6-7-20)16-18-4-2-1-3-5-18;/h1-5,19-20H,6-17,24H2;1H. The van der Waals surface area contributed by atoms with Crippen LogP contribution in [0.1, 0.15) is 44.1 Å². The normalized spacial score (nSPS) is 21.6. The molecule has 0 radical (unpaired) electrons. The molecule has 7 heteroatoms. The van der Waals surface area contributed by atoms with Crippen LogP contribution in [0.2, 0.25) is 0 Å². The molecule has 2 heterocycles. The van der Waals surface area contributed by atoms with Gasteiger partial charge in [0.25, 0.3) is 0 Å². The Balaban J connectivity index is 0.00000256. The molecule has 2 aliphatic heterocycles. The SMILES string of the molecule is Cl.NCC1(C(=O)N2CCC(C(=O)N(Cc3ccccc3)C3CC3)CC2)CCOCC1. The van der Waals surface area contributed by atoms with Crippen molar-refractivity contribution < 1.29 is 14.3 Å². The Bertz CT molecular complexity index is 712. The molecule has 1 aliphatic carbocycles. The van der Waals surface area contributed by atoms with E-state index in [-0.39, 0.29) is 30.1 Å². The van der Waals surface area contributed by atoms with Gasteiger partial charge in [0, 0.05) is 51.4 Å². The predicted octanol–water partition coefficient (Wildman–Crippen LogP) is 2.59. The Morgan fingerprint density at radius 2 is 1.70 bits per heavy atom. The van der Waals surface area contributed by atoms with Crippen molar-refractivity contribution in [3.05, 3.63) is 35.9 Å². The van der Waals surface area contributed by atoms with Crippen LogP contribution < -0.4 is 5.73 Å². The summed E-state index contributed by atoms with van der Waals surface area (Å²) < 4.78 is 5.44. The summed E-state index contributed by atoms with van der Waals surface area (Å²) in [6, 6.07) is 10.6. The van der Waals surface area contributed by atoms with Gasteiger partial charge in [0.2, 0.25) is 11.8 Å². The van der Waals surface area contributed by atoms with Crippen molar-refractivity contribution in [3.8, 4) is 0 Å². The fraction of sp³-hybridized carbons (Fsp3) is 0.652. The van der Waals surface area contributed by atoms with E-state index in [9.17, 15) is 9.59 Å². The predicted molar refractivity (Wildman–Crippen MR) is 118 cm³/mol. The number of likely N-dealkylation sites (tertiary alicyclic amines) is 1. The molecule has 0 atom stereocenters. The molecule has 3 aliphatic rings. The van der Waals surface area contributed by atoms with Gasteiger partial charge in [0.15, 0.2) is 0 Å². The van der Waals surface area contributed by atoms with E-state index in [1.54, 1.807) is 0 Å². The van der Waals surface area contributed by atoms with E-state index in [0.29, 0.717) is 58.3 Å². The number of carbonyl (C=O) groups is 2. The molecule has 2 amide bonds. The number of nitrogens with two attached hydrogens (primary N) is 1. The third kappa shape index (κ3) is 4.98. The maximum absolute atomic E-state index is 13.3. The van der Waals surface area contributed by atoms with Gasteiger partial charge in [0.1, 0.15) is 0 Å². The zero-order valence-electron chi connectivity index (χ0n) is 17.6. The van der Waals surface area contributed by atoms with Gasteiger partial charge in [-0.25, -0.2) is 0 Å². The van der Waals surface area contributed by atoms with Gasteiger partial charge in [0.05, 0.1) is 5.41 Å². The molecule has 1 aromatic rings. The molecule has 0 aromatic heterocycles. The summed E-state index contributed by atoms with van der Waals surface area (Å²) in [6.07, 6.45) is 5.12. The fourth-order valence-electron chi connectivity index (χ4n) is 4.72. The molecular weight excluding hydrogens is 402 g/mol. The van der Waals surface area contributed by atoms with Crippen molar-refractivity contribution in [1.82, 2.24) is 9.80 Å². The lowest BCUT2D eigenvalue weighted by atomic mass is 9.78. The molecule has 0 bridgehead atoms. The number of carbonyl (C=O) groups excluding carboxylic acids is 2. The summed E-state index contributed by atoms with van der Waals surface area (Å²) >= 11 is 0. The van der Waals surface area contributed by atoms with E-state index in [2.05, 4.69) is 17.0 Å². The first-order valence-corrected chi connectivity index (χ1v) is 11.0. The van der Waals surface area contributed by atoms with Gasteiger partial charge in [-0.2, -0.15) is 0 Å². The van der Waals surface area contributed by atoms with Crippen LogP contribution in [-0.4, -0.2) is 60.5 Å². The van der Waals surface area contributed by atoms with Crippen LogP contribution in [0.25, 0.3) is 0 Å². The molecular formula is C23H34ClN3O3. The summed E-state index contributed by atoms with van der Waals surface area (Å²) in [6.45, 7) is 3.59. The second-order valence-electron chi connectivity index (χ2n) is 8.85. The Hall–Kier alpha value is -1.63. The summed E-state index contributed by atoms with van der Waals surface area (Å²) in [5.41, 5.74) is 6.73. The number of ether oxygens (including phenoxy) is 1. The van der Waals surface area contributed by atoms with E-state index in [4.69, 9.17) is 10.5 Å². The Labute approximate surface area is 185 Å². The first-order chi connectivity index (χ1) is 14.1. The van der Waals surface area contributed by atoms with Crippen LogP contribution in [-0.2, 0) is 20.9 Å². The van der Waals surface area contributed by atoms with Gasteiger partial charge in [-0.15, -0.1) is 12.4 Å². The summed E-state index contributed by atoms with van der Waals surface area (Å²) in [5.74, 6) is 0.451. The molecule has 3 fully saturated rings. The molecule has 1 aromatic carbocycles. The molecule has 0 unspecified atom stereocenters. The summed E-state index contributed by atoms with van der Waals surface area (Å²) in [7, 11) is 0. The minimum Gasteiger partial charge on any atom is -0.381 e. The van der Waals surface area contributed by atoms with E-state index in [1.807, 2.05) is 23.1 Å². The number of hydrogen-bond donors (Lipinski definition) is 1. The minimum absolute atomic E-state index is 0. The lowest BCUT2D eigenvalue weighted by Crippen LogP contribution is -2.53. The Morgan fingerprint density at radius 1 is 1.07 bits per heavy atom. The molecule has 0 spiro atoms. The van der Waals surface area contributed by atoms with Crippen LogP contribution >= 0.6 is 12.4 Å². The van der Waals surface area contributed by atoms with E-state index >= 15 is 0 Å². The number of rotatable bonds is 6. The van der Waals surface area contributed by atoms with Crippen molar-refractivity contribution in [2.45, 2.75) is 51.1 Å². The first kappa shape index (κ1) is 23.0. The second-order valence-corrected chi connectivity index (χ2v) is 8.85. The van der Waals surface area contributed by atoms with Gasteiger partial charge in [-0.05, 0) is 44.1 Å². The average Bonchev–Trinajstić information content (AvgIpc) is 3.63. The van der Waals surface area contributed by atoms with Crippen molar-refractivity contribution >= 4 is 24.2 Å². The van der Waals surface area contributed by atoms with Crippen molar-refractivity contribution in [2.24, 2.45) is 17.1 Å². The lowest BCUT2D eigenvalue weighted by molar-refractivity contribution is -0.151. The Morgan fingerprint density at radius 3 is 2.27 bits per heavy atom. The van der Waals surface area contributed by atoms with Crippen LogP contribution in [0.15, 0.2) is 30.3 Å². The summed E-state index contributed by atoms with van der Waals surface area (Å²) in [5, 5.41) is 0. The summed E-state index contributed by atoms with van der Waals surface area (Å²) in [4.78, 5) is 30.5. The van der Waals surface area contributed by atoms with Gasteiger partial charge >= 0.3 is 0 Å². The highest BCUT2D eigenvalue weighted by Crippen LogP contribution is 2.35. The highest BCUT2D eigenvalue weighted by atomic mass is 35.5. The Kier molecular flexibility index (Phi) is 7.77. The number of hydrogen-bond acceptors (Lipinski definition) is 4. The van der Waals surface area contributed by atoms with Crippen molar-refractivity contribution in [1.29, 1.82) is 0 Å². The van der Waals surface area contributed by atoms with Gasteiger partial charge in [-0.3, -0.25) is 9.59 Å². The maximum atomic E-state index is 13.3. The molecule has 2 N–H and O–H groups in total. The molecule has 4 rings (SSSR count). The molecule has 6 nitrogen and oxygen atoms in total. The van der Waals surface area contributed by atoms with Crippen LogP contribution in [0.3, 0.4) is 0 Å². The zero-order chi connectivity index (χ0) is 20.3. The number of nitrogens with zero attached hydrogens (tertiary/aromatic N) is 2. The molecule has 1 saturated carbocycles. The van der Waals surface area contributed by atoms with Crippen molar-refractivity contribution in [3.63, 3.8) is 0 Å². The largest absolute Gasteiger partial charge is 0.381 e. The van der Waals surface area contributed by atoms with Gasteiger partial charge < -0.3 is 20.3 Å². The van der Waals surface area contributed by atoms with Crippen LogP contribution in [0.4, 0.5) is 0 Å². The first-order valence-electron chi connectivity index (χ1n) is 11.0. The number of halogens is 1. The molecule has 2 saturated heterocycles. The monoisotopic (exact) mass is 435 g/mol. The topological polar surface area (TPSA) is 75.9 Å². The second kappa shape index (κ2) is 10.1.